The molecule has 1 fully saturated rings. The maximum absolute atomic E-state index is 13.0. The number of benzene rings is 1. The highest BCUT2D eigenvalue weighted by molar-refractivity contribution is 7.21. The number of anilines is 3. The highest BCUT2D eigenvalue weighted by atomic mass is 32.1. The van der Waals surface area contributed by atoms with Gasteiger partial charge in [0.1, 0.15) is 15.5 Å². The lowest BCUT2D eigenvalue weighted by Crippen LogP contribution is -2.34. The van der Waals surface area contributed by atoms with Gasteiger partial charge in [-0.15, -0.1) is 11.3 Å². The number of amides is 1. The molecule has 0 unspecified atom stereocenters. The standard InChI is InChI=1S/C23H26N4O2S/c1-23(2)12-15-16(13-29-23)20(27-10-6-7-11-27)26-22-17(15)18(24)19(30-22)21(28)25-14-8-4-3-5-9-14/h3-5,8-9H,6-7,10-13,24H2,1-2H3,(H,25,28). The molecule has 0 radical (unpaired) electrons. The second-order valence-corrected chi connectivity index (χ2v) is 9.66. The number of nitrogens with two attached hydrogens (primary N) is 1. The van der Waals surface area contributed by atoms with Gasteiger partial charge < -0.3 is 20.7 Å². The van der Waals surface area contributed by atoms with E-state index in [0.29, 0.717) is 17.2 Å². The monoisotopic (exact) mass is 422 g/mol. The Morgan fingerprint density at radius 3 is 2.67 bits per heavy atom. The topological polar surface area (TPSA) is 80.5 Å². The van der Waals surface area contributed by atoms with Crippen LogP contribution < -0.4 is 16.0 Å². The molecule has 0 bridgehead atoms. The van der Waals surface area contributed by atoms with E-state index >= 15 is 0 Å². The first-order valence-electron chi connectivity index (χ1n) is 10.4. The lowest BCUT2D eigenvalue weighted by molar-refractivity contribution is -0.0395. The summed E-state index contributed by atoms with van der Waals surface area (Å²) in [5.41, 5.74) is 9.88. The Morgan fingerprint density at radius 2 is 1.93 bits per heavy atom. The van der Waals surface area contributed by atoms with Crippen LogP contribution in [0.1, 0.15) is 47.5 Å². The first-order chi connectivity index (χ1) is 14.4. The van der Waals surface area contributed by atoms with Crippen molar-refractivity contribution in [2.24, 2.45) is 0 Å². The second kappa shape index (κ2) is 7.25. The van der Waals surface area contributed by atoms with E-state index in [4.69, 9.17) is 15.5 Å². The maximum Gasteiger partial charge on any atom is 0.267 e. The molecule has 6 nitrogen and oxygen atoms in total. The van der Waals surface area contributed by atoms with Crippen LogP contribution in [0.25, 0.3) is 10.2 Å². The van der Waals surface area contributed by atoms with Crippen molar-refractivity contribution >= 4 is 44.7 Å². The van der Waals surface area contributed by atoms with Gasteiger partial charge in [-0.3, -0.25) is 4.79 Å². The number of nitrogen functional groups attached to an aromatic ring is 1. The van der Waals surface area contributed by atoms with Crippen molar-refractivity contribution in [2.75, 3.05) is 29.0 Å². The van der Waals surface area contributed by atoms with Crippen molar-refractivity contribution in [3.8, 4) is 0 Å². The lowest BCUT2D eigenvalue weighted by Gasteiger charge is -2.34. The van der Waals surface area contributed by atoms with Crippen LogP contribution in [0.3, 0.4) is 0 Å². The van der Waals surface area contributed by atoms with Crippen molar-refractivity contribution in [1.29, 1.82) is 0 Å². The van der Waals surface area contributed by atoms with Gasteiger partial charge in [-0.1, -0.05) is 18.2 Å². The summed E-state index contributed by atoms with van der Waals surface area (Å²) in [7, 11) is 0. The molecule has 1 amide bonds. The Morgan fingerprint density at radius 1 is 1.20 bits per heavy atom. The van der Waals surface area contributed by atoms with E-state index in [9.17, 15) is 4.79 Å². The van der Waals surface area contributed by atoms with E-state index in [1.165, 1.54) is 29.7 Å². The number of carbonyl (C=O) groups is 1. The van der Waals surface area contributed by atoms with Gasteiger partial charge >= 0.3 is 0 Å². The number of hydrogen-bond acceptors (Lipinski definition) is 6. The summed E-state index contributed by atoms with van der Waals surface area (Å²) in [4.78, 5) is 21.7. The molecule has 5 rings (SSSR count). The van der Waals surface area contributed by atoms with Gasteiger partial charge in [0.05, 0.1) is 17.9 Å². The third-order valence-electron chi connectivity index (χ3n) is 5.92. The van der Waals surface area contributed by atoms with Crippen LogP contribution in [0.15, 0.2) is 30.3 Å². The number of thiophene rings is 1. The molecular weight excluding hydrogens is 396 g/mol. The fraction of sp³-hybridized carbons (Fsp3) is 0.391. The third-order valence-corrected chi connectivity index (χ3v) is 7.02. The Hall–Kier alpha value is -2.64. The predicted molar refractivity (Wildman–Crippen MR) is 122 cm³/mol. The van der Waals surface area contributed by atoms with E-state index in [1.54, 1.807) is 0 Å². The minimum Gasteiger partial charge on any atom is -0.397 e. The first-order valence-corrected chi connectivity index (χ1v) is 11.2. The minimum atomic E-state index is -0.273. The summed E-state index contributed by atoms with van der Waals surface area (Å²) in [5.74, 6) is 0.811. The fourth-order valence-electron chi connectivity index (χ4n) is 4.41. The molecule has 2 aromatic heterocycles. The number of rotatable bonds is 3. The Balaban J connectivity index is 1.63. The van der Waals surface area contributed by atoms with Crippen molar-refractivity contribution in [3.05, 3.63) is 46.3 Å². The molecule has 2 aliphatic rings. The van der Waals surface area contributed by atoms with Gasteiger partial charge in [0, 0.05) is 36.1 Å². The molecule has 1 aromatic carbocycles. The molecule has 0 atom stereocenters. The Bertz CT molecular complexity index is 1120. The zero-order chi connectivity index (χ0) is 20.9. The Labute approximate surface area is 180 Å². The second-order valence-electron chi connectivity index (χ2n) is 8.66. The van der Waals surface area contributed by atoms with E-state index in [-0.39, 0.29) is 11.5 Å². The summed E-state index contributed by atoms with van der Waals surface area (Å²) in [6.07, 6.45) is 3.11. The molecule has 30 heavy (non-hydrogen) atoms. The maximum atomic E-state index is 13.0. The summed E-state index contributed by atoms with van der Waals surface area (Å²) >= 11 is 1.38. The van der Waals surface area contributed by atoms with Crippen molar-refractivity contribution in [2.45, 2.75) is 45.3 Å². The van der Waals surface area contributed by atoms with Crippen LogP contribution in [0.5, 0.6) is 0 Å². The molecule has 3 N–H and O–H groups in total. The van der Waals surface area contributed by atoms with Crippen LogP contribution >= 0.6 is 11.3 Å². The number of fused-ring (bicyclic) bond motifs is 3. The summed E-state index contributed by atoms with van der Waals surface area (Å²) in [5, 5.41) is 3.88. The van der Waals surface area contributed by atoms with Crippen LogP contribution in [-0.2, 0) is 17.8 Å². The average molecular weight is 423 g/mol. The van der Waals surface area contributed by atoms with Crippen molar-refractivity contribution < 1.29 is 9.53 Å². The van der Waals surface area contributed by atoms with Gasteiger partial charge in [0.2, 0.25) is 0 Å². The molecule has 7 heteroatoms. The smallest absolute Gasteiger partial charge is 0.267 e. The number of carbonyl (C=O) groups excluding carboxylic acids is 1. The van der Waals surface area contributed by atoms with E-state index < -0.39 is 0 Å². The molecular formula is C23H26N4O2S. The van der Waals surface area contributed by atoms with Crippen LogP contribution in [0.2, 0.25) is 0 Å². The molecule has 0 aliphatic carbocycles. The minimum absolute atomic E-state index is 0.190. The normalized spacial score (nSPS) is 17.9. The van der Waals surface area contributed by atoms with Crippen LogP contribution in [0.4, 0.5) is 17.2 Å². The quantitative estimate of drug-likeness (QED) is 0.646. The number of hydrogen-bond donors (Lipinski definition) is 2. The summed E-state index contributed by atoms with van der Waals surface area (Å²) in [6, 6.07) is 9.45. The van der Waals surface area contributed by atoms with Gasteiger partial charge in [-0.2, -0.15) is 0 Å². The van der Waals surface area contributed by atoms with Crippen molar-refractivity contribution in [1.82, 2.24) is 4.98 Å². The highest BCUT2D eigenvalue weighted by Crippen LogP contribution is 2.44. The van der Waals surface area contributed by atoms with E-state index in [2.05, 4.69) is 24.1 Å². The third kappa shape index (κ3) is 3.32. The average Bonchev–Trinajstić information content (AvgIpc) is 3.35. The van der Waals surface area contributed by atoms with E-state index in [1.807, 2.05) is 30.3 Å². The zero-order valence-corrected chi connectivity index (χ0v) is 18.1. The predicted octanol–water partition coefficient (Wildman–Crippen LogP) is 4.58. The largest absolute Gasteiger partial charge is 0.397 e. The molecule has 1 saturated heterocycles. The van der Waals surface area contributed by atoms with Gasteiger partial charge in [0.15, 0.2) is 0 Å². The number of para-hydroxylation sites is 1. The van der Waals surface area contributed by atoms with Gasteiger partial charge in [-0.05, 0) is 44.4 Å². The lowest BCUT2D eigenvalue weighted by atomic mass is 9.90. The molecule has 4 heterocycles. The number of nitrogens with zero attached hydrogens (tertiary/aromatic N) is 2. The molecule has 2 aliphatic heterocycles. The number of aromatic nitrogens is 1. The Kier molecular flexibility index (Phi) is 4.67. The molecule has 0 saturated carbocycles. The number of ether oxygens (including phenoxy) is 1. The van der Waals surface area contributed by atoms with Gasteiger partial charge in [0.25, 0.3) is 5.91 Å². The summed E-state index contributed by atoms with van der Waals surface area (Å²) < 4.78 is 6.13. The first kappa shape index (κ1) is 19.3. The van der Waals surface area contributed by atoms with Crippen molar-refractivity contribution in [3.63, 3.8) is 0 Å². The van der Waals surface area contributed by atoms with Crippen LogP contribution in [0, 0.1) is 0 Å². The summed E-state index contributed by atoms with van der Waals surface area (Å²) in [6.45, 7) is 6.75. The zero-order valence-electron chi connectivity index (χ0n) is 17.3. The van der Waals surface area contributed by atoms with Gasteiger partial charge in [-0.25, -0.2) is 4.98 Å². The molecule has 0 spiro atoms. The SMILES string of the molecule is CC1(C)Cc2c(c(N3CCCC3)nc3sc(C(=O)Nc4ccccc4)c(N)c23)CO1. The number of nitrogens with one attached hydrogen (secondary N) is 1. The van der Waals surface area contributed by atoms with Crippen LogP contribution in [-0.4, -0.2) is 29.6 Å². The highest BCUT2D eigenvalue weighted by Gasteiger charge is 2.34. The molecule has 156 valence electrons. The van der Waals surface area contributed by atoms with E-state index in [0.717, 1.165) is 46.8 Å². The number of pyridine rings is 1. The fourth-order valence-corrected chi connectivity index (χ4v) is 5.43. The molecule has 3 aromatic rings.